The van der Waals surface area contributed by atoms with Crippen LogP contribution < -0.4 is 11.2 Å². The van der Waals surface area contributed by atoms with Gasteiger partial charge in [-0.2, -0.15) is 0 Å². The maximum atomic E-state index is 11.6. The van der Waals surface area contributed by atoms with E-state index in [4.69, 9.17) is 15.6 Å². The van der Waals surface area contributed by atoms with Gasteiger partial charge in [-0.1, -0.05) is 25.1 Å². The molecule has 1 unspecified atom stereocenters. The maximum absolute atomic E-state index is 11.6. The highest BCUT2D eigenvalue weighted by Crippen LogP contribution is 2.30. The number of nitrogens with two attached hydrogens (primary N) is 1. The molecule has 4 rings (SSSR count). The van der Waals surface area contributed by atoms with E-state index in [1.165, 1.54) is 0 Å². The van der Waals surface area contributed by atoms with Crippen molar-refractivity contribution >= 4 is 27.8 Å². The minimum atomic E-state index is 0.000521. The number of hydrogen-bond acceptors (Lipinski definition) is 5. The molecule has 7 nitrogen and oxygen atoms in total. The Balaban J connectivity index is 1.54. The number of carbonyl (C=O) groups is 1. The molecule has 1 aliphatic rings. The molecule has 0 radical (unpaired) electrons. The molecule has 142 valence electrons. The zero-order valence-electron chi connectivity index (χ0n) is 15.5. The number of hydroxylamine groups is 1. The van der Waals surface area contributed by atoms with Gasteiger partial charge in [-0.25, -0.2) is 10.5 Å². The topological polar surface area (TPSA) is 95.1 Å². The predicted octanol–water partition coefficient (Wildman–Crippen LogP) is 2.49. The first kappa shape index (κ1) is 17.9. The molecule has 1 saturated carbocycles. The van der Waals surface area contributed by atoms with Gasteiger partial charge in [-0.15, -0.1) is 0 Å². The summed E-state index contributed by atoms with van der Waals surface area (Å²) in [6, 6.07) is 8.11. The number of hydrogen-bond donors (Lipinski definition) is 2. The molecule has 3 N–H and O–H groups in total. The number of aromatic nitrogens is 3. The Morgan fingerprint density at radius 3 is 3.00 bits per heavy atom. The average Bonchev–Trinajstić information content (AvgIpc) is 3.46. The highest BCUT2D eigenvalue weighted by Gasteiger charge is 2.29. The van der Waals surface area contributed by atoms with Gasteiger partial charge < -0.3 is 10.3 Å². The van der Waals surface area contributed by atoms with Gasteiger partial charge in [0, 0.05) is 30.3 Å². The molecule has 1 aliphatic carbocycles. The first-order valence-corrected chi connectivity index (χ1v) is 9.54. The van der Waals surface area contributed by atoms with Gasteiger partial charge in [-0.05, 0) is 25.3 Å². The second kappa shape index (κ2) is 7.62. The molecular weight excluding hydrogens is 342 g/mol. The van der Waals surface area contributed by atoms with Crippen molar-refractivity contribution in [2.75, 3.05) is 13.2 Å². The van der Waals surface area contributed by atoms with Crippen molar-refractivity contribution in [1.82, 2.24) is 20.0 Å². The third-order valence-corrected chi connectivity index (χ3v) is 5.07. The number of carbonyl (C=O) groups excluding carboxylic acids is 1. The lowest BCUT2D eigenvalue weighted by atomic mass is 10.0. The first-order valence-electron chi connectivity index (χ1n) is 9.54. The number of pyridine rings is 1. The standard InChI is InChI=1S/C20H25N5O2/c1-13(11-21)17-18-19(15-5-2-3-6-16(15)23-17)25(12-22-18)9-4-10-27-24-20(26)14-7-8-14/h2-3,5-6,12-14H,4,7-11,21H2,1H3,(H,24,26). The van der Waals surface area contributed by atoms with Crippen LogP contribution in [0.3, 0.4) is 0 Å². The molecule has 1 atom stereocenters. The number of rotatable bonds is 8. The minimum absolute atomic E-state index is 0.000521. The van der Waals surface area contributed by atoms with Crippen LogP contribution in [-0.2, 0) is 16.2 Å². The second-order valence-electron chi connectivity index (χ2n) is 7.23. The fourth-order valence-corrected chi connectivity index (χ4v) is 3.29. The summed E-state index contributed by atoms with van der Waals surface area (Å²) < 4.78 is 2.14. The highest BCUT2D eigenvalue weighted by atomic mass is 16.6. The van der Waals surface area contributed by atoms with Gasteiger partial charge >= 0.3 is 0 Å². The third-order valence-electron chi connectivity index (χ3n) is 5.07. The zero-order valence-corrected chi connectivity index (χ0v) is 15.5. The molecule has 0 spiro atoms. The van der Waals surface area contributed by atoms with E-state index in [9.17, 15) is 4.79 Å². The van der Waals surface area contributed by atoms with Crippen LogP contribution in [0, 0.1) is 5.92 Å². The van der Waals surface area contributed by atoms with Gasteiger partial charge in [0.2, 0.25) is 5.91 Å². The van der Waals surface area contributed by atoms with Gasteiger partial charge in [0.05, 0.1) is 29.7 Å². The van der Waals surface area contributed by atoms with E-state index in [-0.39, 0.29) is 17.7 Å². The van der Waals surface area contributed by atoms with E-state index in [1.54, 1.807) is 0 Å². The van der Waals surface area contributed by atoms with Crippen molar-refractivity contribution in [3.05, 3.63) is 36.3 Å². The molecule has 0 saturated heterocycles. The van der Waals surface area contributed by atoms with Crippen molar-refractivity contribution in [2.24, 2.45) is 11.7 Å². The fraction of sp³-hybridized carbons (Fsp3) is 0.450. The van der Waals surface area contributed by atoms with Crippen LogP contribution in [0.1, 0.15) is 37.8 Å². The lowest BCUT2D eigenvalue weighted by Gasteiger charge is -2.12. The minimum Gasteiger partial charge on any atom is -0.330 e. The molecule has 3 aromatic rings. The largest absolute Gasteiger partial charge is 0.330 e. The summed E-state index contributed by atoms with van der Waals surface area (Å²) in [5.41, 5.74) is 12.3. The maximum Gasteiger partial charge on any atom is 0.246 e. The number of aryl methyl sites for hydroxylation is 1. The number of para-hydroxylation sites is 1. The Hall–Kier alpha value is -2.51. The van der Waals surface area contributed by atoms with Crippen LogP contribution in [0.4, 0.5) is 0 Å². The van der Waals surface area contributed by atoms with E-state index in [0.29, 0.717) is 13.2 Å². The van der Waals surface area contributed by atoms with Crippen molar-refractivity contribution < 1.29 is 9.63 Å². The Labute approximate surface area is 157 Å². The van der Waals surface area contributed by atoms with Crippen molar-refractivity contribution in [1.29, 1.82) is 0 Å². The van der Waals surface area contributed by atoms with E-state index in [1.807, 2.05) is 24.5 Å². The summed E-state index contributed by atoms with van der Waals surface area (Å²) >= 11 is 0. The molecule has 2 aromatic heterocycles. The van der Waals surface area contributed by atoms with E-state index in [0.717, 1.165) is 53.4 Å². The van der Waals surface area contributed by atoms with E-state index >= 15 is 0 Å². The van der Waals surface area contributed by atoms with Crippen LogP contribution in [0.25, 0.3) is 21.9 Å². The number of imidazole rings is 1. The number of nitrogens with zero attached hydrogens (tertiary/aromatic N) is 3. The number of fused-ring (bicyclic) bond motifs is 3. The van der Waals surface area contributed by atoms with Crippen molar-refractivity contribution in [3.63, 3.8) is 0 Å². The normalized spacial score (nSPS) is 15.3. The smallest absolute Gasteiger partial charge is 0.246 e. The highest BCUT2D eigenvalue weighted by molar-refractivity contribution is 6.03. The number of nitrogens with one attached hydrogen (secondary N) is 1. The van der Waals surface area contributed by atoms with Crippen LogP contribution in [0.5, 0.6) is 0 Å². The van der Waals surface area contributed by atoms with Crippen LogP contribution in [0.2, 0.25) is 0 Å². The Morgan fingerprint density at radius 1 is 1.41 bits per heavy atom. The summed E-state index contributed by atoms with van der Waals surface area (Å²) in [7, 11) is 0. The van der Waals surface area contributed by atoms with E-state index in [2.05, 4.69) is 28.0 Å². The fourth-order valence-electron chi connectivity index (χ4n) is 3.29. The number of amides is 1. The lowest BCUT2D eigenvalue weighted by molar-refractivity contribution is -0.135. The SMILES string of the molecule is CC(CN)c1nc2ccccc2c2c1ncn2CCCONC(=O)C1CC1. The summed E-state index contributed by atoms with van der Waals surface area (Å²) in [6.07, 6.45) is 4.57. The average molecular weight is 367 g/mol. The summed E-state index contributed by atoms with van der Waals surface area (Å²) in [5.74, 6) is 0.298. The molecule has 2 heterocycles. The first-order chi connectivity index (χ1) is 13.2. The molecular formula is C20H25N5O2. The molecule has 7 heteroatoms. The molecule has 1 amide bonds. The van der Waals surface area contributed by atoms with Crippen molar-refractivity contribution in [2.45, 2.75) is 38.6 Å². The van der Waals surface area contributed by atoms with E-state index < -0.39 is 0 Å². The summed E-state index contributed by atoms with van der Waals surface area (Å²) in [4.78, 5) is 26.3. The van der Waals surface area contributed by atoms with Gasteiger partial charge in [0.15, 0.2) is 0 Å². The molecule has 1 fully saturated rings. The predicted molar refractivity (Wildman–Crippen MR) is 104 cm³/mol. The lowest BCUT2D eigenvalue weighted by Crippen LogP contribution is -2.25. The molecule has 0 bridgehead atoms. The van der Waals surface area contributed by atoms with Crippen molar-refractivity contribution in [3.8, 4) is 0 Å². The zero-order chi connectivity index (χ0) is 18.8. The van der Waals surface area contributed by atoms with Crippen LogP contribution >= 0.6 is 0 Å². The van der Waals surface area contributed by atoms with Crippen LogP contribution in [0.15, 0.2) is 30.6 Å². The monoisotopic (exact) mass is 367 g/mol. The second-order valence-corrected chi connectivity index (χ2v) is 7.23. The van der Waals surface area contributed by atoms with Gasteiger partial charge in [0.25, 0.3) is 0 Å². The number of benzene rings is 1. The molecule has 0 aliphatic heterocycles. The molecule has 1 aromatic carbocycles. The summed E-state index contributed by atoms with van der Waals surface area (Å²) in [6.45, 7) is 3.82. The van der Waals surface area contributed by atoms with Gasteiger partial charge in [-0.3, -0.25) is 14.6 Å². The Bertz CT molecular complexity index is 964. The third kappa shape index (κ3) is 3.65. The quantitative estimate of drug-likeness (QED) is 0.471. The Kier molecular flexibility index (Phi) is 5.05. The van der Waals surface area contributed by atoms with Gasteiger partial charge in [0.1, 0.15) is 5.52 Å². The summed E-state index contributed by atoms with van der Waals surface area (Å²) in [5, 5.41) is 1.08. The molecule has 27 heavy (non-hydrogen) atoms. The van der Waals surface area contributed by atoms with Crippen LogP contribution in [-0.4, -0.2) is 33.6 Å². The Morgan fingerprint density at radius 2 is 2.22 bits per heavy atom.